The lowest BCUT2D eigenvalue weighted by molar-refractivity contribution is 0.282. The van der Waals surface area contributed by atoms with Crippen LogP contribution in [0.2, 0.25) is 5.02 Å². The van der Waals surface area contributed by atoms with E-state index in [1.54, 1.807) is 7.11 Å². The van der Waals surface area contributed by atoms with Gasteiger partial charge in [-0.1, -0.05) is 39.7 Å². The Balaban J connectivity index is 1.73. The number of halogens is 3. The van der Waals surface area contributed by atoms with Crippen molar-refractivity contribution in [2.75, 3.05) is 12.4 Å². The van der Waals surface area contributed by atoms with Crippen molar-refractivity contribution in [3.63, 3.8) is 0 Å². The summed E-state index contributed by atoms with van der Waals surface area (Å²) in [5.41, 5.74) is 4.36. The van der Waals surface area contributed by atoms with Crippen molar-refractivity contribution >= 4 is 49.1 Å². The van der Waals surface area contributed by atoms with Gasteiger partial charge in [-0.2, -0.15) is 0 Å². The predicted octanol–water partition coefficient (Wildman–Crippen LogP) is 7.37. The highest BCUT2D eigenvalue weighted by atomic mass is 79.9. The molecule has 3 aromatic rings. The maximum absolute atomic E-state index is 6.04. The second-order valence-corrected chi connectivity index (χ2v) is 8.55. The second-order valence-electron chi connectivity index (χ2n) is 6.34. The van der Waals surface area contributed by atoms with Gasteiger partial charge < -0.3 is 14.8 Å². The lowest BCUT2D eigenvalue weighted by atomic mass is 10.1. The normalized spacial score (nSPS) is 10.6. The Morgan fingerprint density at radius 3 is 2.54 bits per heavy atom. The van der Waals surface area contributed by atoms with Crippen LogP contribution in [0.4, 0.5) is 5.69 Å². The zero-order valence-electron chi connectivity index (χ0n) is 15.6. The van der Waals surface area contributed by atoms with Crippen molar-refractivity contribution in [1.29, 1.82) is 0 Å². The minimum atomic E-state index is 0.408. The molecule has 0 amide bonds. The number of aryl methyl sites for hydroxylation is 1. The van der Waals surface area contributed by atoms with Gasteiger partial charge in [0.15, 0.2) is 11.5 Å². The standard InChI is InChI=1S/C22H20Br2ClNO2/c1-14-8-17(23)6-7-20(14)26-12-16-10-19(24)22(21(11-16)27-2)28-13-15-4-3-5-18(25)9-15/h3-11,26H,12-13H2,1-2H3. The molecule has 0 bridgehead atoms. The quantitative estimate of drug-likeness (QED) is 0.349. The van der Waals surface area contributed by atoms with Gasteiger partial charge >= 0.3 is 0 Å². The van der Waals surface area contributed by atoms with Crippen LogP contribution in [0.5, 0.6) is 11.5 Å². The molecule has 146 valence electrons. The SMILES string of the molecule is COc1cc(CNc2ccc(Br)cc2C)cc(Br)c1OCc1cccc(Cl)c1. The molecule has 0 aliphatic heterocycles. The molecule has 28 heavy (non-hydrogen) atoms. The van der Waals surface area contributed by atoms with Gasteiger partial charge in [-0.15, -0.1) is 0 Å². The van der Waals surface area contributed by atoms with E-state index in [9.17, 15) is 0 Å². The summed E-state index contributed by atoms with van der Waals surface area (Å²) in [4.78, 5) is 0. The minimum Gasteiger partial charge on any atom is -0.493 e. The summed E-state index contributed by atoms with van der Waals surface area (Å²) in [7, 11) is 1.64. The number of ether oxygens (including phenoxy) is 2. The van der Waals surface area contributed by atoms with Crippen molar-refractivity contribution in [2.45, 2.75) is 20.1 Å². The van der Waals surface area contributed by atoms with E-state index in [1.165, 1.54) is 5.56 Å². The van der Waals surface area contributed by atoms with Crippen molar-refractivity contribution < 1.29 is 9.47 Å². The first-order valence-electron chi connectivity index (χ1n) is 8.70. The van der Waals surface area contributed by atoms with E-state index in [2.05, 4.69) is 56.2 Å². The van der Waals surface area contributed by atoms with Gasteiger partial charge in [0.05, 0.1) is 11.6 Å². The summed E-state index contributed by atoms with van der Waals surface area (Å²) < 4.78 is 13.5. The van der Waals surface area contributed by atoms with Crippen molar-refractivity contribution in [3.8, 4) is 11.5 Å². The summed E-state index contributed by atoms with van der Waals surface area (Å²) in [6.07, 6.45) is 0. The average Bonchev–Trinajstić information content (AvgIpc) is 2.66. The van der Waals surface area contributed by atoms with Crippen molar-refractivity contribution in [2.24, 2.45) is 0 Å². The second kappa shape index (κ2) is 9.68. The molecule has 0 atom stereocenters. The lowest BCUT2D eigenvalue weighted by Gasteiger charge is -2.16. The molecule has 1 N–H and O–H groups in total. The molecule has 3 rings (SSSR count). The Labute approximate surface area is 187 Å². The molecule has 0 aromatic heterocycles. The molecule has 0 aliphatic rings. The molecule has 0 fully saturated rings. The Hall–Kier alpha value is -1.69. The van der Waals surface area contributed by atoms with Gasteiger partial charge in [-0.3, -0.25) is 0 Å². The third kappa shape index (κ3) is 5.43. The summed E-state index contributed by atoms with van der Waals surface area (Å²) in [6, 6.07) is 17.8. The number of benzene rings is 3. The topological polar surface area (TPSA) is 30.5 Å². The fourth-order valence-corrected chi connectivity index (χ4v) is 4.11. The molecule has 0 heterocycles. The van der Waals surface area contributed by atoms with Gasteiger partial charge in [0.25, 0.3) is 0 Å². The van der Waals surface area contributed by atoms with Gasteiger partial charge in [0.2, 0.25) is 0 Å². The molecular formula is C22H20Br2ClNO2. The highest BCUT2D eigenvalue weighted by molar-refractivity contribution is 9.10. The molecule has 0 aliphatic carbocycles. The molecule has 0 saturated heterocycles. The molecule has 6 heteroatoms. The highest BCUT2D eigenvalue weighted by Gasteiger charge is 2.12. The fraction of sp³-hybridized carbons (Fsp3) is 0.182. The smallest absolute Gasteiger partial charge is 0.175 e. The maximum atomic E-state index is 6.04. The third-order valence-corrected chi connectivity index (χ3v) is 5.55. The number of nitrogens with one attached hydrogen (secondary N) is 1. The summed E-state index contributed by atoms with van der Waals surface area (Å²) in [6.45, 7) is 3.16. The summed E-state index contributed by atoms with van der Waals surface area (Å²) in [5, 5.41) is 4.16. The number of anilines is 1. The van der Waals surface area contributed by atoms with Gasteiger partial charge in [0.1, 0.15) is 6.61 Å². The Morgan fingerprint density at radius 2 is 1.82 bits per heavy atom. The molecular weight excluding hydrogens is 506 g/mol. The van der Waals surface area contributed by atoms with Crippen LogP contribution in [0.1, 0.15) is 16.7 Å². The molecule has 3 nitrogen and oxygen atoms in total. The van der Waals surface area contributed by atoms with Crippen LogP contribution in [0.25, 0.3) is 0 Å². The average molecular weight is 526 g/mol. The van der Waals surface area contributed by atoms with Crippen LogP contribution >= 0.6 is 43.5 Å². The van der Waals surface area contributed by atoms with E-state index in [0.717, 1.165) is 25.8 Å². The van der Waals surface area contributed by atoms with E-state index in [0.29, 0.717) is 29.7 Å². The number of methoxy groups -OCH3 is 1. The zero-order valence-corrected chi connectivity index (χ0v) is 19.5. The van der Waals surface area contributed by atoms with E-state index in [4.69, 9.17) is 21.1 Å². The summed E-state index contributed by atoms with van der Waals surface area (Å²) >= 11 is 13.1. The van der Waals surface area contributed by atoms with Crippen LogP contribution in [0, 0.1) is 6.92 Å². The highest BCUT2D eigenvalue weighted by Crippen LogP contribution is 2.37. The molecule has 0 spiro atoms. The van der Waals surface area contributed by atoms with Crippen LogP contribution in [-0.2, 0) is 13.2 Å². The van der Waals surface area contributed by atoms with Crippen LogP contribution in [0.15, 0.2) is 63.5 Å². The third-order valence-electron chi connectivity index (χ3n) is 4.23. The number of hydrogen-bond acceptors (Lipinski definition) is 3. The van der Waals surface area contributed by atoms with E-state index in [1.807, 2.05) is 42.5 Å². The predicted molar refractivity (Wildman–Crippen MR) is 123 cm³/mol. The lowest BCUT2D eigenvalue weighted by Crippen LogP contribution is -2.03. The molecule has 3 aromatic carbocycles. The van der Waals surface area contributed by atoms with E-state index < -0.39 is 0 Å². The van der Waals surface area contributed by atoms with Gasteiger partial charge in [-0.25, -0.2) is 0 Å². The van der Waals surface area contributed by atoms with Crippen LogP contribution in [0.3, 0.4) is 0 Å². The monoisotopic (exact) mass is 523 g/mol. The van der Waals surface area contributed by atoms with Gasteiger partial charge in [-0.05, 0) is 82.0 Å². The first-order chi connectivity index (χ1) is 13.5. The van der Waals surface area contributed by atoms with Gasteiger partial charge in [0, 0.05) is 21.7 Å². The maximum Gasteiger partial charge on any atom is 0.175 e. The van der Waals surface area contributed by atoms with Crippen LogP contribution in [-0.4, -0.2) is 7.11 Å². The number of hydrogen-bond donors (Lipinski definition) is 1. The van der Waals surface area contributed by atoms with E-state index in [-0.39, 0.29) is 0 Å². The zero-order chi connectivity index (χ0) is 20.1. The van der Waals surface area contributed by atoms with E-state index >= 15 is 0 Å². The molecule has 0 unspecified atom stereocenters. The fourth-order valence-electron chi connectivity index (χ4n) is 2.82. The minimum absolute atomic E-state index is 0.408. The molecule has 0 radical (unpaired) electrons. The number of rotatable bonds is 7. The largest absolute Gasteiger partial charge is 0.493 e. The Bertz CT molecular complexity index is 979. The summed E-state index contributed by atoms with van der Waals surface area (Å²) in [5.74, 6) is 1.35. The Kier molecular flexibility index (Phi) is 7.27. The first kappa shape index (κ1) is 21.0. The van der Waals surface area contributed by atoms with Crippen LogP contribution < -0.4 is 14.8 Å². The Morgan fingerprint density at radius 1 is 1.00 bits per heavy atom. The van der Waals surface area contributed by atoms with Crippen molar-refractivity contribution in [1.82, 2.24) is 0 Å². The van der Waals surface area contributed by atoms with Crippen molar-refractivity contribution in [3.05, 3.63) is 85.3 Å². The first-order valence-corrected chi connectivity index (χ1v) is 10.7. The molecule has 0 saturated carbocycles.